The van der Waals surface area contributed by atoms with Gasteiger partial charge in [-0.3, -0.25) is 4.90 Å². The van der Waals surface area contributed by atoms with E-state index in [0.29, 0.717) is 6.04 Å². The zero-order chi connectivity index (χ0) is 12.3. The first kappa shape index (κ1) is 13.7. The van der Waals surface area contributed by atoms with Crippen LogP contribution in [0.3, 0.4) is 0 Å². The third-order valence-electron chi connectivity index (χ3n) is 3.21. The van der Waals surface area contributed by atoms with E-state index < -0.39 is 0 Å². The minimum atomic E-state index is 0.170. The molecular weight excluding hydrogens is 216 g/mol. The molecule has 0 fully saturated rings. The first-order valence-electron chi connectivity index (χ1n) is 5.81. The van der Waals surface area contributed by atoms with E-state index in [-0.39, 0.29) is 11.5 Å². The molecule has 0 saturated carbocycles. The lowest BCUT2D eigenvalue weighted by Crippen LogP contribution is -2.44. The standard InChI is InChI=1S/C13H24N2S/c1-10(11-7-6-8-16-11)15(5)9-12(14)13(2,3)4/h6-8,10,12H,9,14H2,1-5H3. The highest BCUT2D eigenvalue weighted by Crippen LogP contribution is 2.25. The molecule has 1 heterocycles. The summed E-state index contributed by atoms with van der Waals surface area (Å²) in [5.41, 5.74) is 6.37. The number of hydrogen-bond donors (Lipinski definition) is 1. The van der Waals surface area contributed by atoms with Crippen molar-refractivity contribution in [3.8, 4) is 0 Å². The van der Waals surface area contributed by atoms with Crippen molar-refractivity contribution >= 4 is 11.3 Å². The Hall–Kier alpha value is -0.380. The molecule has 1 rings (SSSR count). The molecule has 1 aromatic heterocycles. The quantitative estimate of drug-likeness (QED) is 0.876. The molecule has 3 heteroatoms. The lowest BCUT2D eigenvalue weighted by Gasteiger charge is -2.33. The Balaban J connectivity index is 2.56. The smallest absolute Gasteiger partial charge is 0.0410 e. The zero-order valence-corrected chi connectivity index (χ0v) is 11.8. The van der Waals surface area contributed by atoms with Gasteiger partial charge in [0.15, 0.2) is 0 Å². The van der Waals surface area contributed by atoms with Crippen molar-refractivity contribution < 1.29 is 0 Å². The van der Waals surface area contributed by atoms with Crippen LogP contribution in [0.1, 0.15) is 38.6 Å². The molecule has 0 radical (unpaired) electrons. The predicted molar refractivity (Wildman–Crippen MR) is 72.8 cm³/mol. The molecule has 2 unspecified atom stereocenters. The molecule has 2 N–H and O–H groups in total. The van der Waals surface area contributed by atoms with Crippen LogP contribution in [0, 0.1) is 5.41 Å². The van der Waals surface area contributed by atoms with Crippen LogP contribution in [-0.4, -0.2) is 24.5 Å². The lowest BCUT2D eigenvalue weighted by atomic mass is 9.87. The van der Waals surface area contributed by atoms with Crippen molar-refractivity contribution in [1.29, 1.82) is 0 Å². The van der Waals surface area contributed by atoms with Crippen LogP contribution in [0.25, 0.3) is 0 Å². The Kier molecular flexibility index (Phi) is 4.53. The third kappa shape index (κ3) is 3.58. The molecule has 16 heavy (non-hydrogen) atoms. The van der Waals surface area contributed by atoms with Crippen LogP contribution in [0.2, 0.25) is 0 Å². The van der Waals surface area contributed by atoms with Gasteiger partial charge in [0.05, 0.1) is 0 Å². The molecule has 0 aliphatic rings. The van der Waals surface area contributed by atoms with Crippen LogP contribution in [-0.2, 0) is 0 Å². The molecule has 2 nitrogen and oxygen atoms in total. The van der Waals surface area contributed by atoms with E-state index >= 15 is 0 Å². The highest BCUT2D eigenvalue weighted by atomic mass is 32.1. The average Bonchev–Trinajstić information content (AvgIpc) is 2.67. The Morgan fingerprint density at radius 1 is 1.44 bits per heavy atom. The molecule has 0 saturated heterocycles. The molecule has 0 spiro atoms. The van der Waals surface area contributed by atoms with Crippen LogP contribution in [0.15, 0.2) is 17.5 Å². The molecule has 0 aliphatic heterocycles. The Bertz CT molecular complexity index is 300. The molecule has 2 atom stereocenters. The van der Waals surface area contributed by atoms with Crippen molar-refractivity contribution in [3.63, 3.8) is 0 Å². The minimum absolute atomic E-state index is 0.170. The highest BCUT2D eigenvalue weighted by Gasteiger charge is 2.24. The number of nitrogens with zero attached hydrogens (tertiary/aromatic N) is 1. The fraction of sp³-hybridized carbons (Fsp3) is 0.692. The van der Waals surface area contributed by atoms with Gasteiger partial charge < -0.3 is 5.73 Å². The second-order valence-corrected chi connectivity index (χ2v) is 6.58. The maximum absolute atomic E-state index is 6.20. The summed E-state index contributed by atoms with van der Waals surface area (Å²) < 4.78 is 0. The molecule has 0 bridgehead atoms. The highest BCUT2D eigenvalue weighted by molar-refractivity contribution is 7.10. The van der Waals surface area contributed by atoms with E-state index in [4.69, 9.17) is 5.73 Å². The third-order valence-corrected chi connectivity index (χ3v) is 4.26. The molecule has 0 aromatic carbocycles. The van der Waals surface area contributed by atoms with Gasteiger partial charge in [0.2, 0.25) is 0 Å². The second-order valence-electron chi connectivity index (χ2n) is 5.60. The van der Waals surface area contributed by atoms with E-state index in [1.807, 2.05) is 11.3 Å². The van der Waals surface area contributed by atoms with Gasteiger partial charge in [-0.15, -0.1) is 11.3 Å². The topological polar surface area (TPSA) is 29.3 Å². The van der Waals surface area contributed by atoms with Crippen LogP contribution >= 0.6 is 11.3 Å². The predicted octanol–water partition coefficient (Wildman–Crippen LogP) is 3.11. The number of rotatable bonds is 4. The van der Waals surface area contributed by atoms with Crippen LogP contribution < -0.4 is 5.73 Å². The molecule has 0 aliphatic carbocycles. The fourth-order valence-electron chi connectivity index (χ4n) is 1.49. The molecule has 1 aromatic rings. The normalized spacial score (nSPS) is 16.4. The fourth-order valence-corrected chi connectivity index (χ4v) is 2.34. The van der Waals surface area contributed by atoms with E-state index in [1.165, 1.54) is 4.88 Å². The summed E-state index contributed by atoms with van der Waals surface area (Å²) in [6, 6.07) is 4.95. The van der Waals surface area contributed by atoms with Crippen LogP contribution in [0.4, 0.5) is 0 Å². The SMILES string of the molecule is CC(c1cccs1)N(C)CC(N)C(C)(C)C. The van der Waals surface area contributed by atoms with Gasteiger partial charge in [0.1, 0.15) is 0 Å². The number of nitrogens with two attached hydrogens (primary N) is 1. The molecule has 92 valence electrons. The van der Waals surface area contributed by atoms with E-state index in [0.717, 1.165) is 6.54 Å². The molecular formula is C13H24N2S. The average molecular weight is 240 g/mol. The van der Waals surface area contributed by atoms with Crippen molar-refractivity contribution in [2.45, 2.75) is 39.8 Å². The number of hydrogen-bond acceptors (Lipinski definition) is 3. The summed E-state index contributed by atoms with van der Waals surface area (Å²) >= 11 is 1.81. The van der Waals surface area contributed by atoms with Gasteiger partial charge in [0, 0.05) is 23.5 Å². The summed E-state index contributed by atoms with van der Waals surface area (Å²) in [7, 11) is 2.15. The lowest BCUT2D eigenvalue weighted by molar-refractivity contribution is 0.193. The van der Waals surface area contributed by atoms with Gasteiger partial charge in [-0.25, -0.2) is 0 Å². The van der Waals surface area contributed by atoms with Gasteiger partial charge in [-0.05, 0) is 30.8 Å². The van der Waals surface area contributed by atoms with E-state index in [9.17, 15) is 0 Å². The molecule has 0 amide bonds. The summed E-state index contributed by atoms with van der Waals surface area (Å²) in [6.45, 7) is 9.76. The van der Waals surface area contributed by atoms with E-state index in [2.05, 4.69) is 57.2 Å². The summed E-state index contributed by atoms with van der Waals surface area (Å²) in [5.74, 6) is 0. The summed E-state index contributed by atoms with van der Waals surface area (Å²) in [6.07, 6.45) is 0. The Labute approximate surface area is 103 Å². The minimum Gasteiger partial charge on any atom is -0.326 e. The number of likely N-dealkylation sites (N-methyl/N-ethyl adjacent to an activating group) is 1. The maximum Gasteiger partial charge on any atom is 0.0410 e. The second kappa shape index (κ2) is 5.30. The Morgan fingerprint density at radius 3 is 2.50 bits per heavy atom. The summed E-state index contributed by atoms with van der Waals surface area (Å²) in [4.78, 5) is 3.74. The first-order valence-corrected chi connectivity index (χ1v) is 6.69. The van der Waals surface area contributed by atoms with Gasteiger partial charge in [-0.2, -0.15) is 0 Å². The summed E-state index contributed by atoms with van der Waals surface area (Å²) in [5, 5.41) is 2.13. The van der Waals surface area contributed by atoms with Crippen molar-refractivity contribution in [3.05, 3.63) is 22.4 Å². The van der Waals surface area contributed by atoms with Crippen molar-refractivity contribution in [2.75, 3.05) is 13.6 Å². The first-order chi connectivity index (χ1) is 7.32. The largest absolute Gasteiger partial charge is 0.326 e. The van der Waals surface area contributed by atoms with Crippen LogP contribution in [0.5, 0.6) is 0 Å². The number of thiophene rings is 1. The van der Waals surface area contributed by atoms with Crippen molar-refractivity contribution in [2.24, 2.45) is 11.1 Å². The van der Waals surface area contributed by atoms with Gasteiger partial charge in [-0.1, -0.05) is 26.8 Å². The van der Waals surface area contributed by atoms with E-state index in [1.54, 1.807) is 0 Å². The van der Waals surface area contributed by atoms with Gasteiger partial charge in [0.25, 0.3) is 0 Å². The monoisotopic (exact) mass is 240 g/mol. The zero-order valence-electron chi connectivity index (χ0n) is 11.0. The Morgan fingerprint density at radius 2 is 2.06 bits per heavy atom. The van der Waals surface area contributed by atoms with Gasteiger partial charge >= 0.3 is 0 Å². The van der Waals surface area contributed by atoms with Crippen molar-refractivity contribution in [1.82, 2.24) is 4.90 Å². The maximum atomic E-state index is 6.20.